The first-order chi connectivity index (χ1) is 30.3. The van der Waals surface area contributed by atoms with E-state index in [4.69, 9.17) is 28.9 Å². The third-order valence-electron chi connectivity index (χ3n) is 13.3. The van der Waals surface area contributed by atoms with E-state index in [1.54, 1.807) is 67.8 Å². The zero-order valence-corrected chi connectivity index (χ0v) is 36.4. The maximum atomic E-state index is 13.8. The van der Waals surface area contributed by atoms with Crippen LogP contribution < -0.4 is 11.1 Å². The molecule has 0 aliphatic heterocycles. The van der Waals surface area contributed by atoms with Gasteiger partial charge in [-0.2, -0.15) is 0 Å². The minimum absolute atomic E-state index is 0.0255. The molecule has 10 rings (SSSR count). The number of halogens is 4. The molecule has 0 spiro atoms. The van der Waals surface area contributed by atoms with Crippen LogP contribution >= 0.6 is 23.2 Å². The van der Waals surface area contributed by atoms with Gasteiger partial charge < -0.3 is 16.2 Å². The van der Waals surface area contributed by atoms with Crippen LogP contribution in [-0.4, -0.2) is 36.9 Å². The lowest BCUT2D eigenvalue weighted by molar-refractivity contribution is -0.139. The first kappa shape index (κ1) is 43.9. The average molecular weight is 890 g/mol. The summed E-state index contributed by atoms with van der Waals surface area (Å²) in [7, 11) is 0. The van der Waals surface area contributed by atoms with Crippen LogP contribution in [0, 0.1) is 47.1 Å². The quantitative estimate of drug-likeness (QED) is 0.106. The van der Waals surface area contributed by atoms with Crippen molar-refractivity contribution in [3.8, 4) is 0 Å². The van der Waals surface area contributed by atoms with Crippen molar-refractivity contribution in [1.82, 2.24) is 19.9 Å². The lowest BCUT2D eigenvalue weighted by atomic mass is 9.90. The van der Waals surface area contributed by atoms with E-state index in [0.717, 1.165) is 65.9 Å². The van der Waals surface area contributed by atoms with Crippen LogP contribution in [0.1, 0.15) is 75.3 Å². The number of carbonyl (C=O) groups excluding carboxylic acids is 1. The van der Waals surface area contributed by atoms with E-state index < -0.39 is 5.97 Å². The van der Waals surface area contributed by atoms with Gasteiger partial charge in [0.1, 0.15) is 21.9 Å². The standard InChI is InChI=1S/C25H23ClFN3O.C20H20FNO2.C5H5ClN2/c1-14(25(31)30-20-3-5-24(26)29-13-20)15-8-16-10-18(11-17(16)9-15)21-6-7-28-23-4-2-19(27)12-22(21)23;1-11(20(23)24)12-6-13-8-15(9-14(13)7-12)17-4-5-22-19-3-2-16(21)10-18(17)19;6-5-2-1-4(7)3-8-5/h2-8,12-14,16-18H,9-11H2,1H3,(H,30,31);2-6,10-11,13-15H,7-9H2,1H3,(H,23,24);1-3H,7H2/t14?,16-,17+,18+;11?,13-,14+,15+;/m00./s1. The predicted molar refractivity (Wildman–Crippen MR) is 244 cm³/mol. The monoisotopic (exact) mass is 888 g/mol. The summed E-state index contributed by atoms with van der Waals surface area (Å²) >= 11 is 11.3. The number of nitrogens with zero attached hydrogens (tertiary/aromatic N) is 4. The highest BCUT2D eigenvalue weighted by Gasteiger charge is 2.41. The molecule has 13 heteroatoms. The molecule has 2 unspecified atom stereocenters. The summed E-state index contributed by atoms with van der Waals surface area (Å²) in [6, 6.07) is 20.4. The number of benzene rings is 2. The largest absolute Gasteiger partial charge is 0.481 e. The number of carbonyl (C=O) groups is 2. The molecule has 2 aromatic carbocycles. The van der Waals surface area contributed by atoms with Crippen LogP contribution in [0.25, 0.3) is 21.8 Å². The van der Waals surface area contributed by atoms with Gasteiger partial charge in [-0.25, -0.2) is 18.7 Å². The number of amides is 1. The summed E-state index contributed by atoms with van der Waals surface area (Å²) in [4.78, 5) is 40.3. The van der Waals surface area contributed by atoms with Crippen LogP contribution in [-0.2, 0) is 9.59 Å². The van der Waals surface area contributed by atoms with Crippen molar-refractivity contribution in [2.75, 3.05) is 11.1 Å². The SMILES string of the molecule is CC(C(=O)Nc1ccc(Cl)nc1)C1=C[C@H]2C[C@@H](c3ccnc4ccc(F)cc34)C[C@H]2C1.CC(C(=O)O)C1=C[C@H]2C[C@@H](c3ccnc4ccc(F)cc34)C[C@H]2C1.Nc1ccc(Cl)nc1. The Morgan fingerprint density at radius 2 is 1.19 bits per heavy atom. The first-order valence-electron chi connectivity index (χ1n) is 21.3. The molecule has 324 valence electrons. The summed E-state index contributed by atoms with van der Waals surface area (Å²) in [6.45, 7) is 3.73. The number of fused-ring (bicyclic) bond motifs is 4. The topological polar surface area (TPSA) is 144 Å². The van der Waals surface area contributed by atoms with Gasteiger partial charge in [0.05, 0.1) is 46.6 Å². The van der Waals surface area contributed by atoms with Crippen LogP contribution in [0.4, 0.5) is 20.2 Å². The van der Waals surface area contributed by atoms with Gasteiger partial charge in [-0.1, -0.05) is 46.5 Å². The van der Waals surface area contributed by atoms with Crippen LogP contribution in [0.3, 0.4) is 0 Å². The second-order valence-corrected chi connectivity index (χ2v) is 18.0. The zero-order valence-electron chi connectivity index (χ0n) is 34.9. The van der Waals surface area contributed by atoms with Gasteiger partial charge in [0.15, 0.2) is 0 Å². The van der Waals surface area contributed by atoms with Gasteiger partial charge in [-0.05, 0) is 172 Å². The summed E-state index contributed by atoms with van der Waals surface area (Å²) < 4.78 is 27.5. The molecule has 6 aromatic rings. The molecule has 4 N–H and O–H groups in total. The molecule has 1 amide bonds. The van der Waals surface area contributed by atoms with Gasteiger partial charge in [0, 0.05) is 23.2 Å². The van der Waals surface area contributed by atoms with Crippen LogP contribution in [0.15, 0.2) is 121 Å². The molecule has 2 fully saturated rings. The number of carboxylic acids is 1. The molecule has 0 radical (unpaired) electrons. The third-order valence-corrected chi connectivity index (χ3v) is 13.8. The van der Waals surface area contributed by atoms with Crippen molar-refractivity contribution in [3.63, 3.8) is 0 Å². The number of hydrogen-bond donors (Lipinski definition) is 3. The van der Waals surface area contributed by atoms with Crippen molar-refractivity contribution in [2.24, 2.45) is 35.5 Å². The van der Waals surface area contributed by atoms with E-state index in [0.29, 0.717) is 57.2 Å². The number of aromatic nitrogens is 4. The highest BCUT2D eigenvalue weighted by atomic mass is 35.5. The van der Waals surface area contributed by atoms with Crippen molar-refractivity contribution in [1.29, 1.82) is 0 Å². The molecule has 2 saturated carbocycles. The Morgan fingerprint density at radius 1 is 0.683 bits per heavy atom. The summed E-state index contributed by atoms with van der Waals surface area (Å²) in [5.41, 5.74) is 12.9. The second kappa shape index (κ2) is 18.9. The number of allylic oxidation sites excluding steroid dienone is 2. The van der Waals surface area contributed by atoms with E-state index in [-0.39, 0.29) is 29.4 Å². The fourth-order valence-electron chi connectivity index (χ4n) is 10.0. The number of nitrogen functional groups attached to an aromatic ring is 1. The Labute approximate surface area is 374 Å². The van der Waals surface area contributed by atoms with Crippen molar-refractivity contribution in [2.45, 2.75) is 64.2 Å². The minimum Gasteiger partial charge on any atom is -0.481 e. The number of nitrogens with two attached hydrogens (primary N) is 1. The predicted octanol–water partition coefficient (Wildman–Crippen LogP) is 12.0. The Bertz CT molecular complexity index is 2690. The lowest BCUT2D eigenvalue weighted by Crippen LogP contribution is -2.22. The molecule has 63 heavy (non-hydrogen) atoms. The molecule has 0 saturated heterocycles. The third kappa shape index (κ3) is 10.1. The summed E-state index contributed by atoms with van der Waals surface area (Å²) in [5.74, 6) is 0.955. The van der Waals surface area contributed by atoms with Crippen molar-refractivity contribution in [3.05, 3.63) is 154 Å². The number of nitrogens with one attached hydrogen (secondary N) is 1. The molecule has 4 aliphatic rings. The molecular weight excluding hydrogens is 841 g/mol. The smallest absolute Gasteiger partial charge is 0.310 e. The molecule has 4 aliphatic carbocycles. The van der Waals surface area contributed by atoms with Crippen LogP contribution in [0.2, 0.25) is 10.3 Å². The van der Waals surface area contributed by atoms with Crippen molar-refractivity contribution < 1.29 is 23.5 Å². The normalized spacial score (nSPS) is 23.0. The molecule has 0 bridgehead atoms. The average Bonchev–Trinajstić information content (AvgIpc) is 4.06. The Morgan fingerprint density at radius 3 is 1.63 bits per heavy atom. The van der Waals surface area contributed by atoms with Gasteiger partial charge in [0.25, 0.3) is 0 Å². The molecule has 4 heterocycles. The van der Waals surface area contributed by atoms with E-state index in [1.165, 1.54) is 35.0 Å². The molecule has 9 nitrogen and oxygen atoms in total. The fraction of sp³-hybridized carbons (Fsp3) is 0.320. The van der Waals surface area contributed by atoms with E-state index in [1.807, 2.05) is 25.3 Å². The van der Waals surface area contributed by atoms with Gasteiger partial charge >= 0.3 is 5.97 Å². The summed E-state index contributed by atoms with van der Waals surface area (Å²) in [6.07, 6.45) is 17.1. The van der Waals surface area contributed by atoms with Gasteiger partial charge in [-0.3, -0.25) is 19.6 Å². The van der Waals surface area contributed by atoms with Crippen molar-refractivity contribution >= 4 is 68.3 Å². The van der Waals surface area contributed by atoms with Gasteiger partial charge in [-0.15, -0.1) is 0 Å². The maximum absolute atomic E-state index is 13.8. The molecule has 8 atom stereocenters. The molecule has 4 aromatic heterocycles. The zero-order chi connectivity index (χ0) is 44.4. The Hall–Kier alpha value is -5.78. The highest BCUT2D eigenvalue weighted by Crippen LogP contribution is 2.53. The first-order valence-corrected chi connectivity index (χ1v) is 22.1. The minimum atomic E-state index is -0.742. The van der Waals surface area contributed by atoms with Crippen LogP contribution in [0.5, 0.6) is 0 Å². The van der Waals surface area contributed by atoms with E-state index >= 15 is 0 Å². The van der Waals surface area contributed by atoms with Gasteiger partial charge in [0.2, 0.25) is 5.91 Å². The fourth-order valence-corrected chi connectivity index (χ4v) is 10.3. The Kier molecular flexibility index (Phi) is 13.2. The number of hydrogen-bond acceptors (Lipinski definition) is 7. The number of anilines is 2. The maximum Gasteiger partial charge on any atom is 0.310 e. The van der Waals surface area contributed by atoms with E-state index in [2.05, 4.69) is 37.4 Å². The highest BCUT2D eigenvalue weighted by molar-refractivity contribution is 6.29. The number of carboxylic acid groups (broad SMARTS) is 1. The summed E-state index contributed by atoms with van der Waals surface area (Å²) in [5, 5.41) is 14.8. The lowest BCUT2D eigenvalue weighted by Gasteiger charge is -2.17. The molecular formula is C50H48Cl2F2N6O3. The number of pyridine rings is 4. The van der Waals surface area contributed by atoms with E-state index in [9.17, 15) is 23.5 Å². The number of rotatable bonds is 7. The second-order valence-electron chi connectivity index (χ2n) is 17.3. The number of aliphatic carboxylic acids is 1. The Balaban J connectivity index is 0.000000150.